The molecule has 0 aliphatic carbocycles. The molecular formula is C13H24N2O2. The Hall–Kier alpha value is -1.03. The monoisotopic (exact) mass is 240 g/mol. The summed E-state index contributed by atoms with van der Waals surface area (Å²) in [4.78, 5) is 13.9. The van der Waals surface area contributed by atoms with Gasteiger partial charge in [-0.15, -0.1) is 6.58 Å². The molecule has 1 aliphatic heterocycles. The van der Waals surface area contributed by atoms with Crippen LogP contribution < -0.4 is 5.32 Å². The van der Waals surface area contributed by atoms with E-state index < -0.39 is 5.60 Å². The van der Waals surface area contributed by atoms with Crippen LogP contribution in [0.25, 0.3) is 0 Å². The highest BCUT2D eigenvalue weighted by atomic mass is 16.6. The van der Waals surface area contributed by atoms with Crippen LogP contribution in [0.5, 0.6) is 0 Å². The molecule has 1 fully saturated rings. The van der Waals surface area contributed by atoms with Crippen molar-refractivity contribution in [1.82, 2.24) is 10.2 Å². The molecular weight excluding hydrogens is 216 g/mol. The third-order valence-corrected chi connectivity index (χ3v) is 2.68. The van der Waals surface area contributed by atoms with Crippen molar-refractivity contribution in [2.45, 2.75) is 51.8 Å². The normalized spacial score (nSPS) is 25.5. The molecule has 0 bridgehead atoms. The third-order valence-electron chi connectivity index (χ3n) is 2.68. The van der Waals surface area contributed by atoms with Crippen molar-refractivity contribution in [3.05, 3.63) is 12.7 Å². The number of rotatable bonds is 2. The zero-order valence-corrected chi connectivity index (χ0v) is 11.3. The number of nitrogens with zero attached hydrogens (tertiary/aromatic N) is 1. The molecule has 1 N–H and O–H groups in total. The van der Waals surface area contributed by atoms with Crippen LogP contribution in [-0.2, 0) is 4.74 Å². The van der Waals surface area contributed by atoms with Gasteiger partial charge < -0.3 is 15.0 Å². The summed E-state index contributed by atoms with van der Waals surface area (Å²) >= 11 is 0. The predicted octanol–water partition coefficient (Wildman–Crippen LogP) is 2.16. The number of hydrogen-bond donors (Lipinski definition) is 1. The number of carbonyl (C=O) groups is 1. The Labute approximate surface area is 104 Å². The van der Waals surface area contributed by atoms with Crippen LogP contribution in [-0.4, -0.2) is 41.8 Å². The molecule has 1 rings (SSSR count). The van der Waals surface area contributed by atoms with Gasteiger partial charge in [-0.25, -0.2) is 4.79 Å². The number of piperazine rings is 1. The van der Waals surface area contributed by atoms with Gasteiger partial charge in [0.15, 0.2) is 0 Å². The molecule has 0 radical (unpaired) electrons. The number of ether oxygens (including phenoxy) is 1. The van der Waals surface area contributed by atoms with Gasteiger partial charge in [0.25, 0.3) is 0 Å². The van der Waals surface area contributed by atoms with Gasteiger partial charge in [0, 0.05) is 19.1 Å². The molecule has 0 aromatic rings. The van der Waals surface area contributed by atoms with E-state index in [1.165, 1.54) is 0 Å². The van der Waals surface area contributed by atoms with E-state index in [9.17, 15) is 4.79 Å². The second-order valence-corrected chi connectivity index (χ2v) is 5.62. The molecule has 0 unspecified atom stereocenters. The summed E-state index contributed by atoms with van der Waals surface area (Å²) in [6.07, 6.45) is 2.41. The first-order valence-corrected chi connectivity index (χ1v) is 6.17. The molecule has 0 aromatic carbocycles. The highest BCUT2D eigenvalue weighted by molar-refractivity contribution is 5.68. The number of carbonyl (C=O) groups excluding carboxylic acids is 1. The minimum absolute atomic E-state index is 0.151. The fourth-order valence-electron chi connectivity index (χ4n) is 1.90. The lowest BCUT2D eigenvalue weighted by Crippen LogP contribution is -2.58. The first-order chi connectivity index (χ1) is 7.83. The molecule has 0 spiro atoms. The van der Waals surface area contributed by atoms with Crippen molar-refractivity contribution in [3.63, 3.8) is 0 Å². The van der Waals surface area contributed by atoms with Gasteiger partial charge in [-0.05, 0) is 34.1 Å². The van der Waals surface area contributed by atoms with Crippen molar-refractivity contribution in [2.75, 3.05) is 13.1 Å². The maximum absolute atomic E-state index is 12.1. The molecule has 4 heteroatoms. The third kappa shape index (κ3) is 4.38. The van der Waals surface area contributed by atoms with Crippen LogP contribution >= 0.6 is 0 Å². The SMILES string of the molecule is C=CC[C@H]1CN[C@@H](C)CN1C(=O)OC(C)(C)C. The van der Waals surface area contributed by atoms with Crippen molar-refractivity contribution in [3.8, 4) is 0 Å². The lowest BCUT2D eigenvalue weighted by molar-refractivity contribution is 0.00862. The van der Waals surface area contributed by atoms with E-state index in [0.29, 0.717) is 12.6 Å². The van der Waals surface area contributed by atoms with E-state index in [-0.39, 0.29) is 12.1 Å². The Kier molecular flexibility index (Phi) is 4.57. The summed E-state index contributed by atoms with van der Waals surface area (Å²) in [6, 6.07) is 0.460. The van der Waals surface area contributed by atoms with Crippen LogP contribution in [0, 0.1) is 0 Å². The smallest absolute Gasteiger partial charge is 0.410 e. The largest absolute Gasteiger partial charge is 0.444 e. The first-order valence-electron chi connectivity index (χ1n) is 6.17. The minimum atomic E-state index is -0.441. The van der Waals surface area contributed by atoms with Gasteiger partial charge in [0.2, 0.25) is 0 Å². The lowest BCUT2D eigenvalue weighted by atomic mass is 10.1. The molecule has 98 valence electrons. The summed E-state index contributed by atoms with van der Waals surface area (Å²) in [7, 11) is 0. The molecule has 1 heterocycles. The number of hydrogen-bond acceptors (Lipinski definition) is 3. The van der Waals surface area contributed by atoms with Crippen molar-refractivity contribution >= 4 is 6.09 Å². The molecule has 0 aromatic heterocycles. The van der Waals surface area contributed by atoms with Crippen LogP contribution in [0.3, 0.4) is 0 Å². The average molecular weight is 240 g/mol. The highest BCUT2D eigenvalue weighted by Gasteiger charge is 2.31. The topological polar surface area (TPSA) is 41.6 Å². The fourth-order valence-corrected chi connectivity index (χ4v) is 1.90. The number of amides is 1. The molecule has 2 atom stereocenters. The van der Waals surface area contributed by atoms with Gasteiger partial charge in [-0.1, -0.05) is 6.08 Å². The molecule has 1 saturated heterocycles. The molecule has 1 aliphatic rings. The molecule has 17 heavy (non-hydrogen) atoms. The second-order valence-electron chi connectivity index (χ2n) is 5.62. The Balaban J connectivity index is 2.68. The summed E-state index contributed by atoms with van der Waals surface area (Å²) in [5, 5.41) is 3.37. The minimum Gasteiger partial charge on any atom is -0.444 e. The second kappa shape index (κ2) is 5.54. The van der Waals surface area contributed by atoms with Crippen LogP contribution in [0.4, 0.5) is 4.79 Å². The van der Waals surface area contributed by atoms with E-state index in [1.54, 1.807) is 0 Å². The summed E-state index contributed by atoms with van der Waals surface area (Å²) < 4.78 is 5.43. The Morgan fingerprint density at radius 1 is 1.59 bits per heavy atom. The Bertz CT molecular complexity index is 284. The van der Waals surface area contributed by atoms with Crippen molar-refractivity contribution < 1.29 is 9.53 Å². The van der Waals surface area contributed by atoms with E-state index >= 15 is 0 Å². The standard InChI is InChI=1S/C13H24N2O2/c1-6-7-11-8-14-10(2)9-15(11)12(16)17-13(3,4)5/h6,10-11,14H,1,7-9H2,2-5H3/t10-,11-/m0/s1. The van der Waals surface area contributed by atoms with Crippen LogP contribution in [0.2, 0.25) is 0 Å². The maximum atomic E-state index is 12.1. The van der Waals surface area contributed by atoms with Gasteiger partial charge in [0.05, 0.1) is 6.04 Å². The van der Waals surface area contributed by atoms with Crippen molar-refractivity contribution in [2.24, 2.45) is 0 Å². The van der Waals surface area contributed by atoms with Crippen molar-refractivity contribution in [1.29, 1.82) is 0 Å². The predicted molar refractivity (Wildman–Crippen MR) is 69.0 cm³/mol. The van der Waals surface area contributed by atoms with Crippen LogP contribution in [0.15, 0.2) is 12.7 Å². The van der Waals surface area contributed by atoms with Gasteiger partial charge in [-0.3, -0.25) is 0 Å². The molecule has 1 amide bonds. The van der Waals surface area contributed by atoms with E-state index in [2.05, 4.69) is 18.8 Å². The van der Waals surface area contributed by atoms with Gasteiger partial charge in [0.1, 0.15) is 5.60 Å². The quantitative estimate of drug-likeness (QED) is 0.752. The highest BCUT2D eigenvalue weighted by Crippen LogP contribution is 2.16. The Morgan fingerprint density at radius 2 is 2.24 bits per heavy atom. The van der Waals surface area contributed by atoms with E-state index in [0.717, 1.165) is 13.0 Å². The zero-order valence-electron chi connectivity index (χ0n) is 11.3. The van der Waals surface area contributed by atoms with Crippen LogP contribution in [0.1, 0.15) is 34.1 Å². The van der Waals surface area contributed by atoms with E-state index in [4.69, 9.17) is 4.74 Å². The summed E-state index contributed by atoms with van der Waals surface area (Å²) in [5.74, 6) is 0. The molecule has 4 nitrogen and oxygen atoms in total. The average Bonchev–Trinajstić information content (AvgIpc) is 2.18. The maximum Gasteiger partial charge on any atom is 0.410 e. The zero-order chi connectivity index (χ0) is 13.1. The lowest BCUT2D eigenvalue weighted by Gasteiger charge is -2.39. The van der Waals surface area contributed by atoms with Gasteiger partial charge >= 0.3 is 6.09 Å². The molecule has 0 saturated carbocycles. The fraction of sp³-hybridized carbons (Fsp3) is 0.769. The number of nitrogens with one attached hydrogen (secondary N) is 1. The first kappa shape index (κ1) is 14.0. The summed E-state index contributed by atoms with van der Waals surface area (Å²) in [6.45, 7) is 13.0. The Morgan fingerprint density at radius 3 is 2.76 bits per heavy atom. The van der Waals surface area contributed by atoms with E-state index in [1.807, 2.05) is 31.7 Å². The van der Waals surface area contributed by atoms with Gasteiger partial charge in [-0.2, -0.15) is 0 Å². The summed E-state index contributed by atoms with van der Waals surface area (Å²) in [5.41, 5.74) is -0.441.